The van der Waals surface area contributed by atoms with E-state index in [-0.39, 0.29) is 6.04 Å². The maximum absolute atomic E-state index is 6.68. The standard InChI is InChI=1S/C58H35N3OS/c1-2-12-34(13-3-1)55-56(59-57-45-24-22-40(33-52(45)62-58(57)60-55)39-23-27-54-48(30-39)43-20-10-11-21-53(43)63-54)44-25-26-49(42-19-9-8-18-41(42)44)61-50-31-37-16-6-4-14-35(37)28-46(50)47-29-36-15-5-7-17-38(36)32-51(47)61/h1-33,56,59H. The minimum Gasteiger partial charge on any atom is -0.436 e. The van der Waals surface area contributed by atoms with Crippen LogP contribution in [-0.4, -0.2) is 10.3 Å². The molecule has 0 bridgehead atoms. The number of hydrogen-bond acceptors (Lipinski definition) is 4. The normalized spacial score (nSPS) is 14.1. The van der Waals surface area contributed by atoms with Crippen LogP contribution in [0.3, 0.4) is 0 Å². The fraction of sp³-hybridized carbons (Fsp3) is 0.0172. The second-order valence-corrected chi connectivity index (χ2v) is 17.8. The van der Waals surface area contributed by atoms with Gasteiger partial charge in [0.25, 0.3) is 0 Å². The molecule has 1 aliphatic heterocycles. The van der Waals surface area contributed by atoms with Crippen molar-refractivity contribution in [2.24, 2.45) is 4.99 Å². The number of anilines is 1. The second kappa shape index (κ2) is 13.3. The second-order valence-electron chi connectivity index (χ2n) is 16.7. The average molecular weight is 822 g/mol. The van der Waals surface area contributed by atoms with Crippen LogP contribution in [0.1, 0.15) is 17.2 Å². The van der Waals surface area contributed by atoms with Crippen LogP contribution < -0.4 is 5.32 Å². The van der Waals surface area contributed by atoms with Crippen LogP contribution in [0.25, 0.3) is 102 Å². The van der Waals surface area contributed by atoms with Gasteiger partial charge in [-0.1, -0.05) is 140 Å². The third-order valence-corrected chi connectivity index (χ3v) is 14.4. The Hall–Kier alpha value is -7.99. The lowest BCUT2D eigenvalue weighted by molar-refractivity contribution is 0.623. The molecule has 14 rings (SSSR count). The number of nitrogens with zero attached hydrogens (tertiary/aromatic N) is 2. The van der Waals surface area contributed by atoms with E-state index in [1.807, 2.05) is 11.3 Å². The van der Waals surface area contributed by atoms with Gasteiger partial charge in [-0.2, -0.15) is 0 Å². The van der Waals surface area contributed by atoms with E-state index < -0.39 is 0 Å². The van der Waals surface area contributed by atoms with Crippen molar-refractivity contribution in [2.75, 3.05) is 5.32 Å². The van der Waals surface area contributed by atoms with Gasteiger partial charge in [-0.15, -0.1) is 11.3 Å². The molecule has 0 radical (unpaired) electrons. The van der Waals surface area contributed by atoms with E-state index in [4.69, 9.17) is 9.41 Å². The van der Waals surface area contributed by atoms with E-state index in [9.17, 15) is 0 Å². The van der Waals surface area contributed by atoms with Crippen LogP contribution in [0.5, 0.6) is 0 Å². The van der Waals surface area contributed by atoms with Crippen LogP contribution in [0.4, 0.5) is 11.6 Å². The Morgan fingerprint density at radius 3 is 1.79 bits per heavy atom. The van der Waals surface area contributed by atoms with Crippen LogP contribution in [-0.2, 0) is 0 Å². The smallest absolute Gasteiger partial charge is 0.244 e. The number of aromatic nitrogens is 1. The summed E-state index contributed by atoms with van der Waals surface area (Å²) in [5.74, 6) is 0.599. The molecular formula is C58H35N3OS. The topological polar surface area (TPSA) is 42.5 Å². The number of rotatable bonds is 4. The number of fused-ring (bicyclic) bond motifs is 12. The number of furan rings is 1. The third kappa shape index (κ3) is 5.24. The molecule has 294 valence electrons. The van der Waals surface area contributed by atoms with Gasteiger partial charge in [0.2, 0.25) is 5.88 Å². The summed E-state index contributed by atoms with van der Waals surface area (Å²) in [6.07, 6.45) is 0. The van der Waals surface area contributed by atoms with Gasteiger partial charge in [0.15, 0.2) is 0 Å². The molecule has 1 N–H and O–H groups in total. The van der Waals surface area contributed by atoms with Gasteiger partial charge < -0.3 is 14.3 Å². The van der Waals surface area contributed by atoms with Crippen molar-refractivity contribution < 1.29 is 4.42 Å². The van der Waals surface area contributed by atoms with Crippen LogP contribution in [0.2, 0.25) is 0 Å². The van der Waals surface area contributed by atoms with Crippen molar-refractivity contribution in [3.63, 3.8) is 0 Å². The number of hydrogen-bond donors (Lipinski definition) is 1. The van der Waals surface area contributed by atoms with Crippen molar-refractivity contribution >= 4 is 114 Å². The molecule has 0 saturated carbocycles. The zero-order valence-corrected chi connectivity index (χ0v) is 34.7. The van der Waals surface area contributed by atoms with Crippen molar-refractivity contribution in [2.45, 2.75) is 6.04 Å². The van der Waals surface area contributed by atoms with Gasteiger partial charge >= 0.3 is 0 Å². The van der Waals surface area contributed by atoms with E-state index in [1.165, 1.54) is 74.3 Å². The molecule has 3 aromatic heterocycles. The highest BCUT2D eigenvalue weighted by Gasteiger charge is 2.31. The van der Waals surface area contributed by atoms with Gasteiger partial charge in [0.1, 0.15) is 11.3 Å². The zero-order valence-electron chi connectivity index (χ0n) is 33.8. The highest BCUT2D eigenvalue weighted by atomic mass is 32.1. The van der Waals surface area contributed by atoms with Crippen molar-refractivity contribution in [3.8, 4) is 16.8 Å². The highest BCUT2D eigenvalue weighted by molar-refractivity contribution is 7.25. The Labute approximate surface area is 365 Å². The number of benzene rings is 10. The minimum absolute atomic E-state index is 0.250. The SMILES string of the molecule is c1ccc(C2=Nc3oc4cc(-c5ccc6sc7ccccc7c6c5)ccc4c3NC2c2ccc(-n3c4cc5ccccc5cc4c4cc5ccccc5cc43)c3ccccc23)cc1. The molecule has 1 unspecified atom stereocenters. The summed E-state index contributed by atoms with van der Waals surface area (Å²) in [6, 6.07) is 72.6. The summed E-state index contributed by atoms with van der Waals surface area (Å²) in [7, 11) is 0. The molecule has 1 atom stereocenters. The highest BCUT2D eigenvalue weighted by Crippen LogP contribution is 2.47. The Kier molecular flexibility index (Phi) is 7.30. The van der Waals surface area contributed by atoms with E-state index in [1.54, 1.807) is 0 Å². The van der Waals surface area contributed by atoms with Gasteiger partial charge in [-0.05, 0) is 110 Å². The van der Waals surface area contributed by atoms with E-state index >= 15 is 0 Å². The molecule has 4 nitrogen and oxygen atoms in total. The first kappa shape index (κ1) is 34.7. The molecule has 5 heteroatoms. The third-order valence-electron chi connectivity index (χ3n) is 13.2. The Balaban J connectivity index is 0.941. The molecule has 0 amide bonds. The molecule has 0 saturated heterocycles. The first-order valence-corrected chi connectivity index (χ1v) is 22.3. The maximum atomic E-state index is 6.68. The van der Waals surface area contributed by atoms with E-state index in [0.717, 1.165) is 50.3 Å². The van der Waals surface area contributed by atoms with Crippen LogP contribution in [0.15, 0.2) is 210 Å². The van der Waals surface area contributed by atoms with Crippen LogP contribution >= 0.6 is 11.3 Å². The monoisotopic (exact) mass is 821 g/mol. The molecule has 4 heterocycles. The molecule has 0 aliphatic carbocycles. The van der Waals surface area contributed by atoms with Gasteiger partial charge in [-0.3, -0.25) is 0 Å². The lowest BCUT2D eigenvalue weighted by atomic mass is 9.90. The van der Waals surface area contributed by atoms with Gasteiger partial charge in [-0.25, -0.2) is 4.99 Å². The number of nitrogens with one attached hydrogen (secondary N) is 1. The molecule has 1 aliphatic rings. The molecule has 13 aromatic rings. The zero-order chi connectivity index (χ0) is 41.2. The summed E-state index contributed by atoms with van der Waals surface area (Å²) in [4.78, 5) is 5.38. The summed E-state index contributed by atoms with van der Waals surface area (Å²) < 4.78 is 11.8. The Bertz CT molecular complexity index is 3980. The quantitative estimate of drug-likeness (QED) is 0.192. The van der Waals surface area contributed by atoms with Crippen molar-refractivity contribution in [3.05, 3.63) is 211 Å². The van der Waals surface area contributed by atoms with Gasteiger partial charge in [0, 0.05) is 41.7 Å². The molecule has 0 spiro atoms. The van der Waals surface area contributed by atoms with E-state index in [2.05, 4.69) is 210 Å². The summed E-state index contributed by atoms with van der Waals surface area (Å²) >= 11 is 1.84. The van der Waals surface area contributed by atoms with Crippen molar-refractivity contribution in [1.82, 2.24) is 4.57 Å². The first-order chi connectivity index (χ1) is 31.2. The fourth-order valence-corrected chi connectivity index (χ4v) is 11.3. The Morgan fingerprint density at radius 2 is 1.05 bits per heavy atom. The Morgan fingerprint density at radius 1 is 0.444 bits per heavy atom. The van der Waals surface area contributed by atoms with Crippen molar-refractivity contribution in [1.29, 1.82) is 0 Å². The number of thiophene rings is 1. The van der Waals surface area contributed by atoms with Crippen LogP contribution in [0, 0.1) is 0 Å². The first-order valence-electron chi connectivity index (χ1n) is 21.5. The molecule has 10 aromatic carbocycles. The number of aliphatic imine (C=N–C) groups is 1. The summed E-state index contributed by atoms with van der Waals surface area (Å²) in [5, 5.41) is 17.4. The average Bonchev–Trinajstić information content (AvgIpc) is 4.00. The maximum Gasteiger partial charge on any atom is 0.244 e. The van der Waals surface area contributed by atoms with E-state index in [0.29, 0.717) is 5.88 Å². The van der Waals surface area contributed by atoms with Gasteiger partial charge in [0.05, 0.1) is 28.5 Å². The summed E-state index contributed by atoms with van der Waals surface area (Å²) in [5.41, 5.74) is 10.6. The largest absolute Gasteiger partial charge is 0.436 e. The fourth-order valence-electron chi connectivity index (χ4n) is 10.2. The predicted molar refractivity (Wildman–Crippen MR) is 267 cm³/mol. The minimum atomic E-state index is -0.250. The molecular weight excluding hydrogens is 787 g/mol. The summed E-state index contributed by atoms with van der Waals surface area (Å²) in [6.45, 7) is 0. The lowest BCUT2D eigenvalue weighted by Crippen LogP contribution is -2.25. The lowest BCUT2D eigenvalue weighted by Gasteiger charge is -2.27. The predicted octanol–water partition coefficient (Wildman–Crippen LogP) is 16.3. The molecule has 0 fully saturated rings. The molecule has 63 heavy (non-hydrogen) atoms.